The van der Waals surface area contributed by atoms with E-state index in [0.717, 1.165) is 22.9 Å². The van der Waals surface area contributed by atoms with Crippen molar-refractivity contribution in [2.75, 3.05) is 0 Å². The molecule has 0 aliphatic heterocycles. The maximum atomic E-state index is 12.0. The van der Waals surface area contributed by atoms with Gasteiger partial charge in [-0.25, -0.2) is 4.79 Å². The minimum absolute atomic E-state index is 0.0497. The van der Waals surface area contributed by atoms with E-state index in [2.05, 4.69) is 15.5 Å². The third kappa shape index (κ3) is 4.35. The first-order valence-electron chi connectivity index (χ1n) is 7.46. The Hall–Kier alpha value is -2.35. The van der Waals surface area contributed by atoms with Gasteiger partial charge in [0, 0.05) is 5.56 Å². The fraction of sp³-hybridized carbons (Fsp3) is 0.375. The number of primary amides is 1. The number of aryl methyl sites for hydroxylation is 2. The number of amides is 3. The topological polar surface area (TPSA) is 111 Å². The molecule has 128 valence electrons. The summed E-state index contributed by atoms with van der Waals surface area (Å²) in [7, 11) is 0. The highest BCUT2D eigenvalue weighted by molar-refractivity contribution is 8.00. The van der Waals surface area contributed by atoms with E-state index < -0.39 is 17.2 Å². The Morgan fingerprint density at radius 1 is 1.21 bits per heavy atom. The van der Waals surface area contributed by atoms with Crippen LogP contribution in [0.5, 0.6) is 0 Å². The molecule has 0 radical (unpaired) electrons. The second-order valence-corrected chi connectivity index (χ2v) is 6.90. The van der Waals surface area contributed by atoms with Crippen LogP contribution in [-0.4, -0.2) is 27.4 Å². The Bertz CT molecular complexity index is 758. The SMILES string of the molecule is Cc1ccc(-c2nnc(S[C@H](C(=O)NC(N)=O)C(C)C)o2)cc1C. The van der Waals surface area contributed by atoms with Gasteiger partial charge in [0.05, 0.1) is 5.25 Å². The van der Waals surface area contributed by atoms with Crippen molar-refractivity contribution in [2.45, 2.75) is 38.2 Å². The van der Waals surface area contributed by atoms with Gasteiger partial charge in [-0.3, -0.25) is 10.1 Å². The highest BCUT2D eigenvalue weighted by Gasteiger charge is 2.27. The highest BCUT2D eigenvalue weighted by Crippen LogP contribution is 2.30. The number of benzene rings is 1. The fourth-order valence-corrected chi connectivity index (χ4v) is 2.91. The quantitative estimate of drug-likeness (QED) is 0.804. The Kier molecular flexibility index (Phi) is 5.61. The van der Waals surface area contributed by atoms with Gasteiger partial charge in [0.25, 0.3) is 5.22 Å². The van der Waals surface area contributed by atoms with Gasteiger partial charge in [0.2, 0.25) is 11.8 Å². The summed E-state index contributed by atoms with van der Waals surface area (Å²) in [5.74, 6) is -0.141. The van der Waals surface area contributed by atoms with Crippen molar-refractivity contribution in [1.82, 2.24) is 15.5 Å². The average Bonchev–Trinajstić information content (AvgIpc) is 2.95. The molecule has 7 nitrogen and oxygen atoms in total. The standard InChI is InChI=1S/C16H20N4O3S/c1-8(2)12(13(21)18-15(17)22)24-16-20-19-14(23-16)11-6-5-9(3)10(4)7-11/h5-8,12H,1-4H3,(H3,17,18,21,22)/t12-/m0/s1. The molecule has 0 saturated heterocycles. The zero-order valence-corrected chi connectivity index (χ0v) is 14.8. The monoisotopic (exact) mass is 348 g/mol. The zero-order chi connectivity index (χ0) is 17.9. The Labute approximate surface area is 144 Å². The van der Waals surface area contributed by atoms with Crippen molar-refractivity contribution >= 4 is 23.7 Å². The minimum Gasteiger partial charge on any atom is -0.411 e. The summed E-state index contributed by atoms with van der Waals surface area (Å²) in [5.41, 5.74) is 8.12. The molecular formula is C16H20N4O3S. The summed E-state index contributed by atoms with van der Waals surface area (Å²) >= 11 is 1.11. The second kappa shape index (κ2) is 7.48. The number of urea groups is 1. The van der Waals surface area contributed by atoms with Gasteiger partial charge >= 0.3 is 6.03 Å². The fourth-order valence-electron chi connectivity index (χ4n) is 2.04. The lowest BCUT2D eigenvalue weighted by Crippen LogP contribution is -2.42. The Morgan fingerprint density at radius 2 is 1.92 bits per heavy atom. The molecule has 0 bridgehead atoms. The lowest BCUT2D eigenvalue weighted by atomic mass is 10.1. The number of imide groups is 1. The average molecular weight is 348 g/mol. The van der Waals surface area contributed by atoms with Crippen molar-refractivity contribution in [2.24, 2.45) is 11.7 Å². The minimum atomic E-state index is -0.882. The molecule has 2 aromatic rings. The van der Waals surface area contributed by atoms with Crippen LogP contribution in [0.4, 0.5) is 4.79 Å². The van der Waals surface area contributed by atoms with Crippen LogP contribution >= 0.6 is 11.8 Å². The Balaban J connectivity index is 2.18. The second-order valence-electron chi connectivity index (χ2n) is 5.81. The maximum Gasteiger partial charge on any atom is 0.318 e. The molecule has 1 atom stereocenters. The van der Waals surface area contributed by atoms with Gasteiger partial charge < -0.3 is 10.2 Å². The smallest absolute Gasteiger partial charge is 0.318 e. The number of carbonyl (C=O) groups excluding carboxylic acids is 2. The van der Waals surface area contributed by atoms with E-state index >= 15 is 0 Å². The lowest BCUT2D eigenvalue weighted by Gasteiger charge is -2.16. The number of hydrogen-bond acceptors (Lipinski definition) is 6. The first-order valence-corrected chi connectivity index (χ1v) is 8.34. The molecular weight excluding hydrogens is 328 g/mol. The van der Waals surface area contributed by atoms with Gasteiger partial charge in [-0.05, 0) is 43.0 Å². The van der Waals surface area contributed by atoms with Crippen LogP contribution in [0.25, 0.3) is 11.5 Å². The van der Waals surface area contributed by atoms with Gasteiger partial charge in [-0.2, -0.15) is 0 Å². The predicted octanol–water partition coefficient (Wildman–Crippen LogP) is 2.67. The molecule has 1 aromatic heterocycles. The third-order valence-corrected chi connectivity index (χ3v) is 4.88. The molecule has 0 aliphatic rings. The number of aromatic nitrogens is 2. The van der Waals surface area contributed by atoms with Crippen LogP contribution in [0, 0.1) is 19.8 Å². The predicted molar refractivity (Wildman–Crippen MR) is 91.4 cm³/mol. The number of nitrogens with zero attached hydrogens (tertiary/aromatic N) is 2. The van der Waals surface area contributed by atoms with Crippen molar-refractivity contribution in [3.8, 4) is 11.5 Å². The van der Waals surface area contributed by atoms with Crippen LogP contribution < -0.4 is 11.1 Å². The van der Waals surface area contributed by atoms with Crippen LogP contribution in [0.2, 0.25) is 0 Å². The Morgan fingerprint density at radius 3 is 2.50 bits per heavy atom. The molecule has 1 heterocycles. The number of nitrogens with two attached hydrogens (primary N) is 1. The molecule has 3 amide bonds. The molecule has 3 N–H and O–H groups in total. The molecule has 8 heteroatoms. The summed E-state index contributed by atoms with van der Waals surface area (Å²) in [4.78, 5) is 22.9. The number of hydrogen-bond donors (Lipinski definition) is 2. The molecule has 0 saturated carbocycles. The van der Waals surface area contributed by atoms with Crippen LogP contribution in [-0.2, 0) is 4.79 Å². The maximum absolute atomic E-state index is 12.0. The number of nitrogens with one attached hydrogen (secondary N) is 1. The molecule has 0 fully saturated rings. The van der Waals surface area contributed by atoms with Crippen molar-refractivity contribution in [3.63, 3.8) is 0 Å². The summed E-state index contributed by atoms with van der Waals surface area (Å²) < 4.78 is 5.64. The molecule has 24 heavy (non-hydrogen) atoms. The first kappa shape index (κ1) is 18.0. The van der Waals surface area contributed by atoms with E-state index in [1.54, 1.807) is 0 Å². The largest absolute Gasteiger partial charge is 0.411 e. The summed E-state index contributed by atoms with van der Waals surface area (Å²) in [6, 6.07) is 4.98. The summed E-state index contributed by atoms with van der Waals surface area (Å²) in [6.45, 7) is 7.75. The van der Waals surface area contributed by atoms with Crippen LogP contribution in [0.15, 0.2) is 27.8 Å². The lowest BCUT2D eigenvalue weighted by molar-refractivity contribution is -0.120. The van der Waals surface area contributed by atoms with Crippen LogP contribution in [0.1, 0.15) is 25.0 Å². The van der Waals surface area contributed by atoms with E-state index in [0.29, 0.717) is 5.89 Å². The van der Waals surface area contributed by atoms with Gasteiger partial charge in [-0.1, -0.05) is 31.7 Å². The number of rotatable bonds is 5. The zero-order valence-electron chi connectivity index (χ0n) is 14.0. The molecule has 0 aliphatic carbocycles. The number of carbonyl (C=O) groups is 2. The first-order chi connectivity index (χ1) is 11.3. The van der Waals surface area contributed by atoms with E-state index in [4.69, 9.17) is 10.2 Å². The summed E-state index contributed by atoms with van der Waals surface area (Å²) in [5, 5.41) is 9.79. The number of thioether (sulfide) groups is 1. The van der Waals surface area contributed by atoms with Crippen molar-refractivity contribution < 1.29 is 14.0 Å². The summed E-state index contributed by atoms with van der Waals surface area (Å²) in [6.07, 6.45) is 0. The van der Waals surface area contributed by atoms with Crippen molar-refractivity contribution in [3.05, 3.63) is 29.3 Å². The normalized spacial score (nSPS) is 12.2. The van der Waals surface area contributed by atoms with E-state index in [9.17, 15) is 9.59 Å². The van der Waals surface area contributed by atoms with Crippen LogP contribution in [0.3, 0.4) is 0 Å². The van der Waals surface area contributed by atoms with Gasteiger partial charge in [0.15, 0.2) is 0 Å². The third-order valence-electron chi connectivity index (χ3n) is 3.50. The van der Waals surface area contributed by atoms with E-state index in [1.807, 2.05) is 45.9 Å². The molecule has 2 rings (SSSR count). The highest BCUT2D eigenvalue weighted by atomic mass is 32.2. The van der Waals surface area contributed by atoms with Gasteiger partial charge in [-0.15, -0.1) is 10.2 Å². The molecule has 1 aromatic carbocycles. The van der Waals surface area contributed by atoms with E-state index in [1.165, 1.54) is 5.56 Å². The molecule has 0 spiro atoms. The van der Waals surface area contributed by atoms with Crippen molar-refractivity contribution in [1.29, 1.82) is 0 Å². The molecule has 0 unspecified atom stereocenters. The van der Waals surface area contributed by atoms with E-state index in [-0.39, 0.29) is 11.1 Å². The van der Waals surface area contributed by atoms with Gasteiger partial charge in [0.1, 0.15) is 0 Å².